The zero-order valence-electron chi connectivity index (χ0n) is 12.2. The van der Waals surface area contributed by atoms with Crippen LogP contribution < -0.4 is 5.32 Å². The largest absolute Gasteiger partial charge is 0.378 e. The van der Waals surface area contributed by atoms with Crippen molar-refractivity contribution in [1.82, 2.24) is 0 Å². The molecule has 0 amide bonds. The van der Waals surface area contributed by atoms with Gasteiger partial charge in [-0.3, -0.25) is 0 Å². The first-order valence-electron chi connectivity index (χ1n) is 7.97. The number of hydrogen-bond donors (Lipinski definition) is 1. The van der Waals surface area contributed by atoms with E-state index in [0.717, 1.165) is 24.0 Å². The first kappa shape index (κ1) is 12.9. The van der Waals surface area contributed by atoms with Crippen molar-refractivity contribution in [1.29, 1.82) is 0 Å². The fourth-order valence-electron chi connectivity index (χ4n) is 3.86. The number of anilines is 1. The van der Waals surface area contributed by atoms with Crippen LogP contribution in [0.25, 0.3) is 0 Å². The smallest absolute Gasteiger partial charge is 0.126 e. The summed E-state index contributed by atoms with van der Waals surface area (Å²) in [6.07, 6.45) is 6.77. The molecule has 108 valence electrons. The lowest BCUT2D eigenvalue weighted by atomic mass is 9.90. The average Bonchev–Trinajstić information content (AvgIpc) is 2.92. The van der Waals surface area contributed by atoms with Crippen LogP contribution in [0.15, 0.2) is 36.4 Å². The third-order valence-corrected chi connectivity index (χ3v) is 4.94. The van der Waals surface area contributed by atoms with E-state index in [0.29, 0.717) is 0 Å². The Bertz CT molecular complexity index is 677. The van der Waals surface area contributed by atoms with Crippen LogP contribution in [0.4, 0.5) is 10.1 Å². The standard InChI is InChI=1S/C19H20FN/c20-17-9-4-8-16-15(17)11-12-19(16)21-18-10-3-6-13-5-1-2-7-14(13)18/h3-4,6,8-10,19,21H,1-2,5,7,11-12H2. The van der Waals surface area contributed by atoms with Gasteiger partial charge in [0.15, 0.2) is 0 Å². The van der Waals surface area contributed by atoms with Gasteiger partial charge >= 0.3 is 0 Å². The molecule has 0 saturated carbocycles. The SMILES string of the molecule is Fc1cccc2c1CCC2Nc1cccc2c1CCCC2. The van der Waals surface area contributed by atoms with Crippen LogP contribution >= 0.6 is 0 Å². The molecular weight excluding hydrogens is 261 g/mol. The molecule has 21 heavy (non-hydrogen) atoms. The maximum atomic E-state index is 13.8. The minimum atomic E-state index is -0.0492. The van der Waals surface area contributed by atoms with Crippen molar-refractivity contribution < 1.29 is 4.39 Å². The Hall–Kier alpha value is -1.83. The summed E-state index contributed by atoms with van der Waals surface area (Å²) in [4.78, 5) is 0. The predicted octanol–water partition coefficient (Wildman–Crippen LogP) is 4.80. The molecule has 0 radical (unpaired) electrons. The second kappa shape index (κ2) is 5.18. The zero-order valence-corrected chi connectivity index (χ0v) is 12.2. The van der Waals surface area contributed by atoms with Gasteiger partial charge in [0.05, 0.1) is 6.04 Å². The van der Waals surface area contributed by atoms with Crippen LogP contribution in [0.3, 0.4) is 0 Å². The van der Waals surface area contributed by atoms with E-state index in [1.165, 1.54) is 42.5 Å². The topological polar surface area (TPSA) is 12.0 Å². The van der Waals surface area contributed by atoms with Crippen LogP contribution in [-0.4, -0.2) is 0 Å². The molecule has 2 aromatic rings. The van der Waals surface area contributed by atoms with Crippen LogP contribution in [0.5, 0.6) is 0 Å². The van der Waals surface area contributed by atoms with Crippen LogP contribution in [0, 0.1) is 5.82 Å². The van der Waals surface area contributed by atoms with E-state index in [1.807, 2.05) is 6.07 Å². The maximum Gasteiger partial charge on any atom is 0.126 e. The average molecular weight is 281 g/mol. The van der Waals surface area contributed by atoms with Gasteiger partial charge < -0.3 is 5.32 Å². The Labute approximate surface area is 125 Å². The number of hydrogen-bond acceptors (Lipinski definition) is 1. The summed E-state index contributed by atoms with van der Waals surface area (Å²) in [7, 11) is 0. The molecule has 0 aliphatic heterocycles. The molecule has 4 rings (SSSR count). The van der Waals surface area contributed by atoms with Crippen molar-refractivity contribution in [3.63, 3.8) is 0 Å². The molecule has 2 heteroatoms. The van der Waals surface area contributed by atoms with Gasteiger partial charge in [-0.2, -0.15) is 0 Å². The molecule has 0 spiro atoms. The van der Waals surface area contributed by atoms with Gasteiger partial charge in [-0.25, -0.2) is 4.39 Å². The summed E-state index contributed by atoms with van der Waals surface area (Å²) in [5, 5.41) is 3.69. The molecule has 2 aliphatic rings. The van der Waals surface area contributed by atoms with Gasteiger partial charge in [0.2, 0.25) is 0 Å². The molecule has 2 aliphatic carbocycles. The first-order valence-corrected chi connectivity index (χ1v) is 7.97. The Morgan fingerprint density at radius 3 is 2.71 bits per heavy atom. The Morgan fingerprint density at radius 2 is 1.76 bits per heavy atom. The summed E-state index contributed by atoms with van der Waals surface area (Å²) in [5.41, 5.74) is 6.27. The summed E-state index contributed by atoms with van der Waals surface area (Å²) < 4.78 is 13.8. The van der Waals surface area contributed by atoms with Crippen molar-refractivity contribution in [3.05, 3.63) is 64.5 Å². The van der Waals surface area contributed by atoms with Crippen molar-refractivity contribution in [2.24, 2.45) is 0 Å². The summed E-state index contributed by atoms with van der Waals surface area (Å²) >= 11 is 0. The van der Waals surface area contributed by atoms with Gasteiger partial charge in [0.25, 0.3) is 0 Å². The predicted molar refractivity (Wildman–Crippen MR) is 84.2 cm³/mol. The minimum Gasteiger partial charge on any atom is -0.378 e. The number of nitrogens with one attached hydrogen (secondary N) is 1. The van der Waals surface area contributed by atoms with Gasteiger partial charge in [0, 0.05) is 5.69 Å². The highest BCUT2D eigenvalue weighted by molar-refractivity contribution is 5.57. The van der Waals surface area contributed by atoms with Crippen molar-refractivity contribution >= 4 is 5.69 Å². The lowest BCUT2D eigenvalue weighted by Gasteiger charge is -2.23. The Morgan fingerprint density at radius 1 is 0.905 bits per heavy atom. The molecule has 2 aromatic carbocycles. The molecule has 1 unspecified atom stereocenters. The van der Waals surface area contributed by atoms with E-state index < -0.39 is 0 Å². The van der Waals surface area contributed by atoms with Crippen molar-refractivity contribution in [2.75, 3.05) is 5.32 Å². The van der Waals surface area contributed by atoms with E-state index in [1.54, 1.807) is 6.07 Å². The van der Waals surface area contributed by atoms with Crippen LogP contribution in [-0.2, 0) is 19.3 Å². The number of fused-ring (bicyclic) bond motifs is 2. The number of halogens is 1. The quantitative estimate of drug-likeness (QED) is 0.833. The molecule has 0 bridgehead atoms. The summed E-state index contributed by atoms with van der Waals surface area (Å²) in [5.74, 6) is -0.0492. The highest BCUT2D eigenvalue weighted by Crippen LogP contribution is 2.37. The van der Waals surface area contributed by atoms with E-state index in [4.69, 9.17) is 0 Å². The second-order valence-electron chi connectivity index (χ2n) is 6.19. The minimum absolute atomic E-state index is 0.0492. The van der Waals surface area contributed by atoms with Gasteiger partial charge in [0.1, 0.15) is 5.82 Å². The van der Waals surface area contributed by atoms with Crippen molar-refractivity contribution in [2.45, 2.75) is 44.6 Å². The van der Waals surface area contributed by atoms with E-state index in [2.05, 4.69) is 29.6 Å². The number of benzene rings is 2. The maximum absolute atomic E-state index is 13.8. The zero-order chi connectivity index (χ0) is 14.2. The molecule has 0 saturated heterocycles. The van der Waals surface area contributed by atoms with E-state index in [-0.39, 0.29) is 11.9 Å². The number of aryl methyl sites for hydroxylation is 1. The molecule has 0 aromatic heterocycles. The summed E-state index contributed by atoms with van der Waals surface area (Å²) in [6, 6.07) is 12.3. The lowest BCUT2D eigenvalue weighted by molar-refractivity contribution is 0.612. The number of rotatable bonds is 2. The Kier molecular flexibility index (Phi) is 3.17. The molecule has 1 atom stereocenters. The fourth-order valence-corrected chi connectivity index (χ4v) is 3.86. The molecule has 1 nitrogen and oxygen atoms in total. The molecule has 0 heterocycles. The third kappa shape index (κ3) is 2.23. The van der Waals surface area contributed by atoms with Crippen LogP contribution in [0.1, 0.15) is 47.6 Å². The fraction of sp³-hybridized carbons (Fsp3) is 0.368. The summed E-state index contributed by atoms with van der Waals surface area (Å²) in [6.45, 7) is 0. The van der Waals surface area contributed by atoms with E-state index in [9.17, 15) is 4.39 Å². The molecule has 0 fully saturated rings. The molecular formula is C19H20FN. The van der Waals surface area contributed by atoms with Crippen LogP contribution in [0.2, 0.25) is 0 Å². The monoisotopic (exact) mass is 281 g/mol. The highest BCUT2D eigenvalue weighted by atomic mass is 19.1. The van der Waals surface area contributed by atoms with Crippen molar-refractivity contribution in [3.8, 4) is 0 Å². The van der Waals surface area contributed by atoms with Gasteiger partial charge in [-0.05, 0) is 72.9 Å². The lowest BCUT2D eigenvalue weighted by Crippen LogP contribution is -2.12. The van der Waals surface area contributed by atoms with Gasteiger partial charge in [-0.15, -0.1) is 0 Å². The molecule has 1 N–H and O–H groups in total. The second-order valence-corrected chi connectivity index (χ2v) is 6.19. The normalized spacial score (nSPS) is 20.0. The van der Waals surface area contributed by atoms with E-state index >= 15 is 0 Å². The third-order valence-electron chi connectivity index (χ3n) is 4.94. The highest BCUT2D eigenvalue weighted by Gasteiger charge is 2.25. The van der Waals surface area contributed by atoms with Gasteiger partial charge in [-0.1, -0.05) is 24.3 Å². The first-order chi connectivity index (χ1) is 10.3. The Balaban J connectivity index is 1.66.